The minimum atomic E-state index is -0.593. The second-order valence-corrected chi connectivity index (χ2v) is 5.65. The van der Waals surface area contributed by atoms with Gasteiger partial charge in [-0.2, -0.15) is 0 Å². The molecule has 2 aromatic rings. The molecular weight excluding hydrogens is 290 g/mol. The lowest BCUT2D eigenvalue weighted by molar-refractivity contribution is -0.121. The van der Waals surface area contributed by atoms with E-state index < -0.39 is 11.9 Å². The average Bonchev–Trinajstić information content (AvgIpc) is 2.94. The van der Waals surface area contributed by atoms with Gasteiger partial charge in [0.15, 0.2) is 0 Å². The summed E-state index contributed by atoms with van der Waals surface area (Å²) >= 11 is 0. The maximum atomic E-state index is 12.2. The molecule has 3 rings (SSSR count). The van der Waals surface area contributed by atoms with Crippen LogP contribution in [0.3, 0.4) is 0 Å². The molecule has 1 heterocycles. The highest BCUT2D eigenvalue weighted by atomic mass is 16.2. The van der Waals surface area contributed by atoms with E-state index in [4.69, 9.17) is 5.73 Å². The Hall–Kier alpha value is -2.66. The molecule has 0 aliphatic carbocycles. The maximum Gasteiger partial charge on any atom is 0.239 e. The van der Waals surface area contributed by atoms with Crippen LogP contribution in [0.25, 0.3) is 0 Å². The molecule has 2 atom stereocenters. The van der Waals surface area contributed by atoms with Gasteiger partial charge in [0.1, 0.15) is 6.04 Å². The fourth-order valence-electron chi connectivity index (χ4n) is 2.90. The Kier molecular flexibility index (Phi) is 4.39. The normalized spacial score (nSPS) is 18.9. The monoisotopic (exact) mass is 309 g/mol. The van der Waals surface area contributed by atoms with Gasteiger partial charge in [-0.1, -0.05) is 48.5 Å². The summed E-state index contributed by atoms with van der Waals surface area (Å²) in [7, 11) is 0. The van der Waals surface area contributed by atoms with Crippen LogP contribution in [0.15, 0.2) is 60.7 Å². The largest absolute Gasteiger partial charge is 0.368 e. The van der Waals surface area contributed by atoms with E-state index in [1.165, 1.54) is 0 Å². The second-order valence-electron chi connectivity index (χ2n) is 5.65. The van der Waals surface area contributed by atoms with E-state index >= 15 is 0 Å². The number of hydrogen-bond acceptors (Lipinski definition) is 3. The average molecular weight is 309 g/mol. The Bertz CT molecular complexity index is 688. The molecule has 2 amide bonds. The number of nitrogens with two attached hydrogens (primary N) is 1. The standard InChI is InChI=1S/C18H19N3O2/c19-18(23)17(13-7-3-1-4-8-13)20-14-11-16(22)21(12-14)15-9-5-2-6-10-15/h1-10,14,17,20H,11-12H2,(H2,19,23)/t14-,17-/m0/s1. The van der Waals surface area contributed by atoms with Crippen molar-refractivity contribution < 1.29 is 9.59 Å². The third-order valence-corrected chi connectivity index (χ3v) is 4.01. The molecule has 3 N–H and O–H groups in total. The van der Waals surface area contributed by atoms with Crippen LogP contribution in [0.4, 0.5) is 5.69 Å². The van der Waals surface area contributed by atoms with Gasteiger partial charge in [-0.05, 0) is 17.7 Å². The van der Waals surface area contributed by atoms with Crippen molar-refractivity contribution in [3.63, 3.8) is 0 Å². The highest BCUT2D eigenvalue weighted by molar-refractivity contribution is 5.96. The van der Waals surface area contributed by atoms with Crippen molar-refractivity contribution in [1.29, 1.82) is 0 Å². The number of amides is 2. The number of benzene rings is 2. The predicted octanol–water partition coefficient (Wildman–Crippen LogP) is 1.61. The molecule has 0 spiro atoms. The van der Waals surface area contributed by atoms with Crippen molar-refractivity contribution in [2.24, 2.45) is 5.73 Å². The van der Waals surface area contributed by atoms with Crippen LogP contribution >= 0.6 is 0 Å². The van der Waals surface area contributed by atoms with Crippen LogP contribution in [0, 0.1) is 0 Å². The number of rotatable bonds is 5. The number of primary amides is 1. The number of nitrogens with one attached hydrogen (secondary N) is 1. The van der Waals surface area contributed by atoms with Crippen LogP contribution < -0.4 is 16.0 Å². The van der Waals surface area contributed by atoms with Gasteiger partial charge >= 0.3 is 0 Å². The number of carbonyl (C=O) groups is 2. The topological polar surface area (TPSA) is 75.4 Å². The molecule has 0 saturated carbocycles. The van der Waals surface area contributed by atoms with Crippen molar-refractivity contribution in [2.45, 2.75) is 18.5 Å². The highest BCUT2D eigenvalue weighted by Gasteiger charge is 2.33. The molecular formula is C18H19N3O2. The summed E-state index contributed by atoms with van der Waals surface area (Å²) in [6.45, 7) is 0.527. The van der Waals surface area contributed by atoms with Gasteiger partial charge in [0.25, 0.3) is 0 Å². The molecule has 1 saturated heterocycles. The molecule has 0 unspecified atom stereocenters. The summed E-state index contributed by atoms with van der Waals surface area (Å²) < 4.78 is 0. The highest BCUT2D eigenvalue weighted by Crippen LogP contribution is 2.23. The molecule has 0 radical (unpaired) electrons. The molecule has 1 aliphatic rings. The first-order chi connectivity index (χ1) is 11.1. The smallest absolute Gasteiger partial charge is 0.239 e. The second kappa shape index (κ2) is 6.62. The number of anilines is 1. The lowest BCUT2D eigenvalue weighted by atomic mass is 10.1. The van der Waals surface area contributed by atoms with Crippen LogP contribution in [0.1, 0.15) is 18.0 Å². The van der Waals surface area contributed by atoms with Crippen molar-refractivity contribution in [3.05, 3.63) is 66.2 Å². The van der Waals surface area contributed by atoms with Gasteiger partial charge in [-0.25, -0.2) is 0 Å². The van der Waals surface area contributed by atoms with Crippen LogP contribution in [-0.4, -0.2) is 24.4 Å². The summed E-state index contributed by atoms with van der Waals surface area (Å²) in [5.41, 5.74) is 7.21. The zero-order chi connectivity index (χ0) is 16.2. The van der Waals surface area contributed by atoms with Crippen molar-refractivity contribution in [1.82, 2.24) is 5.32 Å². The molecule has 0 aromatic heterocycles. The Labute approximate surface area is 135 Å². The third kappa shape index (κ3) is 3.40. The summed E-state index contributed by atoms with van der Waals surface area (Å²) in [6.07, 6.45) is 0.353. The first-order valence-corrected chi connectivity index (χ1v) is 7.61. The van der Waals surface area contributed by atoms with Gasteiger partial charge in [-0.15, -0.1) is 0 Å². The molecule has 0 bridgehead atoms. The molecule has 23 heavy (non-hydrogen) atoms. The summed E-state index contributed by atoms with van der Waals surface area (Å²) in [4.78, 5) is 25.8. The Morgan fingerprint density at radius 1 is 1.09 bits per heavy atom. The van der Waals surface area contributed by atoms with Gasteiger partial charge < -0.3 is 10.6 Å². The molecule has 5 heteroatoms. The molecule has 1 fully saturated rings. The minimum Gasteiger partial charge on any atom is -0.368 e. The zero-order valence-electron chi connectivity index (χ0n) is 12.7. The van der Waals surface area contributed by atoms with Crippen molar-refractivity contribution in [3.8, 4) is 0 Å². The first kappa shape index (κ1) is 15.2. The van der Waals surface area contributed by atoms with E-state index in [9.17, 15) is 9.59 Å². The van der Waals surface area contributed by atoms with Crippen molar-refractivity contribution in [2.75, 3.05) is 11.4 Å². The number of nitrogens with zero attached hydrogens (tertiary/aromatic N) is 1. The molecule has 1 aliphatic heterocycles. The van der Waals surface area contributed by atoms with E-state index in [1.807, 2.05) is 60.7 Å². The van der Waals surface area contributed by atoms with E-state index in [-0.39, 0.29) is 11.9 Å². The predicted molar refractivity (Wildman–Crippen MR) is 88.7 cm³/mol. The van der Waals surface area contributed by atoms with Crippen LogP contribution in [0.2, 0.25) is 0 Å². The van der Waals surface area contributed by atoms with Gasteiger partial charge in [0.2, 0.25) is 11.8 Å². The summed E-state index contributed by atoms with van der Waals surface area (Å²) in [6, 6.07) is 18.2. The van der Waals surface area contributed by atoms with Crippen LogP contribution in [-0.2, 0) is 9.59 Å². The minimum absolute atomic E-state index is 0.0463. The molecule has 118 valence electrons. The van der Waals surface area contributed by atoms with E-state index in [0.29, 0.717) is 13.0 Å². The first-order valence-electron chi connectivity index (χ1n) is 7.61. The molecule has 2 aromatic carbocycles. The summed E-state index contributed by atoms with van der Waals surface area (Å²) in [5.74, 6) is -0.396. The van der Waals surface area contributed by atoms with E-state index in [1.54, 1.807) is 4.90 Å². The Morgan fingerprint density at radius 3 is 2.30 bits per heavy atom. The summed E-state index contributed by atoms with van der Waals surface area (Å²) in [5, 5.41) is 3.22. The molecule has 5 nitrogen and oxygen atoms in total. The van der Waals surface area contributed by atoms with Crippen LogP contribution in [0.5, 0.6) is 0 Å². The Morgan fingerprint density at radius 2 is 1.70 bits per heavy atom. The number of para-hydroxylation sites is 1. The quantitative estimate of drug-likeness (QED) is 0.881. The van der Waals surface area contributed by atoms with Crippen molar-refractivity contribution >= 4 is 17.5 Å². The third-order valence-electron chi connectivity index (χ3n) is 4.01. The lowest BCUT2D eigenvalue weighted by Crippen LogP contribution is -2.41. The number of hydrogen-bond donors (Lipinski definition) is 2. The van der Waals surface area contributed by atoms with Gasteiger partial charge in [-0.3, -0.25) is 14.9 Å². The van der Waals surface area contributed by atoms with E-state index in [0.717, 1.165) is 11.3 Å². The fourth-order valence-corrected chi connectivity index (χ4v) is 2.90. The van der Waals surface area contributed by atoms with E-state index in [2.05, 4.69) is 5.32 Å². The fraction of sp³-hybridized carbons (Fsp3) is 0.222. The SMILES string of the molecule is NC(=O)[C@@H](N[C@H]1CC(=O)N(c2ccccc2)C1)c1ccccc1. The maximum absolute atomic E-state index is 12.2. The van der Waals surface area contributed by atoms with Gasteiger partial charge in [0.05, 0.1) is 0 Å². The Balaban J connectivity index is 1.73. The lowest BCUT2D eigenvalue weighted by Gasteiger charge is -2.21. The number of carbonyl (C=O) groups excluding carboxylic acids is 2. The zero-order valence-corrected chi connectivity index (χ0v) is 12.7. The van der Waals surface area contributed by atoms with Gasteiger partial charge in [0, 0.05) is 24.7 Å².